The number of aliphatic hydroxyl groups is 1. The maximum atomic E-state index is 13.4. The van der Waals surface area contributed by atoms with Gasteiger partial charge in [-0.1, -0.05) is 41.8 Å². The number of carbonyl (C=O) groups is 1. The fourth-order valence-electron chi connectivity index (χ4n) is 4.73. The minimum atomic E-state index is -3.92. The molecular formula is C24H29Cl2N3O5S. The second-order valence-electron chi connectivity index (χ2n) is 8.99. The van der Waals surface area contributed by atoms with Crippen LogP contribution >= 0.6 is 23.2 Å². The second-order valence-corrected chi connectivity index (χ2v) is 11.6. The van der Waals surface area contributed by atoms with Crippen molar-refractivity contribution in [1.29, 1.82) is 0 Å². The predicted molar refractivity (Wildman–Crippen MR) is 133 cm³/mol. The van der Waals surface area contributed by atoms with Crippen LogP contribution in [0.3, 0.4) is 0 Å². The number of halogens is 2. The molecule has 190 valence electrons. The third-order valence-corrected chi connectivity index (χ3v) is 9.64. The fraction of sp³-hybridized carbons (Fsp3) is 0.500. The van der Waals surface area contributed by atoms with Crippen LogP contribution in [0.1, 0.15) is 37.7 Å². The Kier molecular flexibility index (Phi) is 8.35. The second kappa shape index (κ2) is 11.1. The Balaban J connectivity index is 1.33. The molecule has 1 aromatic heterocycles. The number of aromatic nitrogens is 1. The zero-order valence-corrected chi connectivity index (χ0v) is 21.6. The first-order chi connectivity index (χ1) is 16.7. The normalized spacial score (nSPS) is 21.1. The topological polar surface area (TPSA) is 100 Å². The average molecular weight is 542 g/mol. The average Bonchev–Trinajstić information content (AvgIpc) is 2.85. The lowest BCUT2D eigenvalue weighted by Crippen LogP contribution is -2.48. The van der Waals surface area contributed by atoms with Crippen LogP contribution in [0, 0.1) is 0 Å². The highest BCUT2D eigenvalue weighted by atomic mass is 35.5. The summed E-state index contributed by atoms with van der Waals surface area (Å²) in [5.74, 6) is -0.183. The van der Waals surface area contributed by atoms with Gasteiger partial charge in [0, 0.05) is 43.6 Å². The van der Waals surface area contributed by atoms with Crippen molar-refractivity contribution in [2.24, 2.45) is 0 Å². The van der Waals surface area contributed by atoms with E-state index in [1.54, 1.807) is 29.4 Å². The van der Waals surface area contributed by atoms with E-state index in [0.717, 1.165) is 18.4 Å². The van der Waals surface area contributed by atoms with Crippen LogP contribution in [0.15, 0.2) is 47.6 Å². The van der Waals surface area contributed by atoms with E-state index < -0.39 is 21.7 Å². The molecule has 2 fully saturated rings. The largest absolute Gasteiger partial charge is 0.385 e. The highest BCUT2D eigenvalue weighted by Crippen LogP contribution is 2.35. The van der Waals surface area contributed by atoms with Crippen LogP contribution in [0.4, 0.5) is 0 Å². The lowest BCUT2D eigenvalue weighted by atomic mass is 9.85. The summed E-state index contributed by atoms with van der Waals surface area (Å²) in [7, 11) is -3.92. The van der Waals surface area contributed by atoms with Gasteiger partial charge in [-0.15, -0.1) is 0 Å². The van der Waals surface area contributed by atoms with Crippen molar-refractivity contribution < 1.29 is 23.1 Å². The Morgan fingerprint density at radius 1 is 1.11 bits per heavy atom. The Hall–Kier alpha value is -1.75. The Morgan fingerprint density at radius 3 is 2.49 bits per heavy atom. The van der Waals surface area contributed by atoms with Gasteiger partial charge in [0.25, 0.3) is 0 Å². The van der Waals surface area contributed by atoms with Gasteiger partial charge in [0.05, 0.1) is 22.3 Å². The molecule has 0 saturated carbocycles. The van der Waals surface area contributed by atoms with E-state index in [0.29, 0.717) is 38.9 Å². The van der Waals surface area contributed by atoms with Gasteiger partial charge in [0.1, 0.15) is 11.5 Å². The van der Waals surface area contributed by atoms with Crippen molar-refractivity contribution in [1.82, 2.24) is 14.2 Å². The van der Waals surface area contributed by atoms with E-state index >= 15 is 0 Å². The van der Waals surface area contributed by atoms with Crippen LogP contribution in [0.5, 0.6) is 0 Å². The molecule has 1 unspecified atom stereocenters. The number of benzene rings is 1. The molecule has 11 heteroatoms. The van der Waals surface area contributed by atoms with Crippen molar-refractivity contribution in [3.05, 3.63) is 58.3 Å². The van der Waals surface area contributed by atoms with E-state index in [9.17, 15) is 18.3 Å². The number of rotatable bonds is 7. The summed E-state index contributed by atoms with van der Waals surface area (Å²) in [5, 5.41) is 11.1. The molecule has 0 spiro atoms. The van der Waals surface area contributed by atoms with Crippen molar-refractivity contribution >= 4 is 39.1 Å². The van der Waals surface area contributed by atoms with Gasteiger partial charge in [-0.05, 0) is 43.9 Å². The van der Waals surface area contributed by atoms with E-state index in [4.69, 9.17) is 27.9 Å². The molecule has 2 aliphatic rings. The van der Waals surface area contributed by atoms with Gasteiger partial charge < -0.3 is 14.7 Å². The van der Waals surface area contributed by atoms with Crippen LogP contribution < -0.4 is 0 Å². The third kappa shape index (κ3) is 5.81. The molecule has 35 heavy (non-hydrogen) atoms. The molecule has 3 heterocycles. The summed E-state index contributed by atoms with van der Waals surface area (Å²) in [4.78, 5) is 18.4. The third-order valence-electron chi connectivity index (χ3n) is 6.74. The molecule has 1 amide bonds. The molecule has 1 aromatic carbocycles. The van der Waals surface area contributed by atoms with Crippen molar-refractivity contribution in [2.45, 2.75) is 48.6 Å². The molecule has 0 bridgehead atoms. The number of amides is 1. The number of piperidine rings is 2. The smallest absolute Gasteiger partial charge is 0.248 e. The van der Waals surface area contributed by atoms with Crippen molar-refractivity contribution in [3.63, 3.8) is 0 Å². The van der Waals surface area contributed by atoms with Gasteiger partial charge in [0.15, 0.2) is 0 Å². The zero-order chi connectivity index (χ0) is 25.1. The Labute approximate surface area is 215 Å². The Morgan fingerprint density at radius 2 is 1.83 bits per heavy atom. The molecule has 0 aliphatic carbocycles. The SMILES string of the molecule is O=C(COCC1CCCCN1S(=O)(=O)c1c(Cl)cccc1Cl)N1CCC(O)(c2cccnc2)CC1. The molecule has 2 saturated heterocycles. The fourth-order valence-corrected chi connectivity index (χ4v) is 7.50. The summed E-state index contributed by atoms with van der Waals surface area (Å²) >= 11 is 12.4. The molecule has 2 aliphatic heterocycles. The number of hydrogen-bond donors (Lipinski definition) is 1. The van der Waals surface area contributed by atoms with E-state index in [1.165, 1.54) is 16.4 Å². The zero-order valence-electron chi connectivity index (χ0n) is 19.3. The molecule has 4 rings (SSSR count). The molecule has 8 nitrogen and oxygen atoms in total. The van der Waals surface area contributed by atoms with Gasteiger partial charge in [-0.3, -0.25) is 9.78 Å². The lowest BCUT2D eigenvalue weighted by molar-refractivity contribution is -0.141. The first kappa shape index (κ1) is 26.3. The molecular weight excluding hydrogens is 513 g/mol. The minimum Gasteiger partial charge on any atom is -0.385 e. The highest BCUT2D eigenvalue weighted by Gasteiger charge is 2.37. The number of pyridine rings is 1. The summed E-state index contributed by atoms with van der Waals surface area (Å²) in [6, 6.07) is 7.82. The number of nitrogens with zero attached hydrogens (tertiary/aromatic N) is 3. The Bertz CT molecular complexity index is 1120. The number of sulfonamides is 1. The van der Waals surface area contributed by atoms with Crippen LogP contribution in [-0.2, 0) is 25.2 Å². The van der Waals surface area contributed by atoms with Crippen molar-refractivity contribution in [3.8, 4) is 0 Å². The van der Waals surface area contributed by atoms with Crippen LogP contribution in [0.25, 0.3) is 0 Å². The first-order valence-corrected chi connectivity index (χ1v) is 13.9. The summed E-state index contributed by atoms with van der Waals surface area (Å²) in [5.41, 5.74) is -0.247. The highest BCUT2D eigenvalue weighted by molar-refractivity contribution is 7.89. The maximum absolute atomic E-state index is 13.4. The first-order valence-electron chi connectivity index (χ1n) is 11.7. The van der Waals surface area contributed by atoms with E-state index in [2.05, 4.69) is 4.98 Å². The van der Waals surface area contributed by atoms with Crippen molar-refractivity contribution in [2.75, 3.05) is 32.8 Å². The summed E-state index contributed by atoms with van der Waals surface area (Å²) in [6.07, 6.45) is 6.35. The molecule has 1 N–H and O–H groups in total. The van der Waals surface area contributed by atoms with Gasteiger partial charge in [-0.25, -0.2) is 8.42 Å². The van der Waals surface area contributed by atoms with Gasteiger partial charge in [-0.2, -0.15) is 4.31 Å². The molecule has 0 radical (unpaired) electrons. The van der Waals surface area contributed by atoms with Gasteiger partial charge in [0.2, 0.25) is 15.9 Å². The van der Waals surface area contributed by atoms with E-state index in [1.807, 2.05) is 6.07 Å². The number of likely N-dealkylation sites (tertiary alicyclic amines) is 1. The number of carbonyl (C=O) groups excluding carboxylic acids is 1. The minimum absolute atomic E-state index is 0.0780. The number of ether oxygens (including phenoxy) is 1. The predicted octanol–water partition coefficient (Wildman–Crippen LogP) is 3.46. The number of hydrogen-bond acceptors (Lipinski definition) is 6. The molecule has 1 atom stereocenters. The van der Waals surface area contributed by atoms with Crippen LogP contribution in [-0.4, -0.2) is 72.5 Å². The van der Waals surface area contributed by atoms with E-state index in [-0.39, 0.29) is 34.1 Å². The van der Waals surface area contributed by atoms with Gasteiger partial charge >= 0.3 is 0 Å². The van der Waals surface area contributed by atoms with Crippen LogP contribution in [0.2, 0.25) is 10.0 Å². The lowest BCUT2D eigenvalue weighted by Gasteiger charge is -2.38. The monoisotopic (exact) mass is 541 g/mol. The molecule has 2 aromatic rings. The quantitative estimate of drug-likeness (QED) is 0.576. The summed E-state index contributed by atoms with van der Waals surface area (Å²) in [6.45, 7) is 1.10. The summed E-state index contributed by atoms with van der Waals surface area (Å²) < 4.78 is 33.8. The maximum Gasteiger partial charge on any atom is 0.248 e. The standard InChI is InChI=1S/C24H29Cl2N3O5S/c25-20-7-3-8-21(26)23(20)35(32,33)29-12-2-1-6-19(29)16-34-17-22(30)28-13-9-24(31,10-14-28)18-5-4-11-27-15-18/h3-5,7-8,11,15,19,31H,1-2,6,9-10,12-14,16-17H2.